The van der Waals surface area contributed by atoms with E-state index >= 15 is 0 Å². The molecule has 54 valence electrons. The number of rotatable bonds is 2. The molecule has 2 nitrogen and oxygen atoms in total. The summed E-state index contributed by atoms with van der Waals surface area (Å²) in [5.41, 5.74) is 0.259. The summed E-state index contributed by atoms with van der Waals surface area (Å²) >= 11 is 0. The Morgan fingerprint density at radius 2 is 2.11 bits per heavy atom. The Hall–Kier alpha value is -0.0800. The van der Waals surface area contributed by atoms with Gasteiger partial charge in [0.25, 0.3) is 0 Å². The fourth-order valence-corrected chi connectivity index (χ4v) is 1.53. The van der Waals surface area contributed by atoms with Crippen LogP contribution in [-0.4, -0.2) is 36.8 Å². The van der Waals surface area contributed by atoms with Crippen LogP contribution in [0.5, 0.6) is 0 Å². The molecule has 0 saturated carbocycles. The van der Waals surface area contributed by atoms with Crippen LogP contribution in [0.4, 0.5) is 0 Å². The van der Waals surface area contributed by atoms with Crippen LogP contribution in [0.1, 0.15) is 13.3 Å². The molecule has 0 bridgehead atoms. The molecule has 1 rings (SSSR count). The van der Waals surface area contributed by atoms with Gasteiger partial charge in [0, 0.05) is 18.5 Å². The van der Waals surface area contributed by atoms with Crippen LogP contribution in [0.15, 0.2) is 0 Å². The Bertz CT molecular complexity index is 91.1. The first kappa shape index (κ1) is 7.03. The van der Waals surface area contributed by atoms with Crippen molar-refractivity contribution in [2.45, 2.75) is 13.3 Å². The first-order valence-corrected chi connectivity index (χ1v) is 3.52. The van der Waals surface area contributed by atoms with Crippen molar-refractivity contribution in [1.82, 2.24) is 4.90 Å². The molecule has 1 saturated heterocycles. The van der Waals surface area contributed by atoms with E-state index in [9.17, 15) is 0 Å². The van der Waals surface area contributed by atoms with Crippen LogP contribution < -0.4 is 0 Å². The standard InChI is InChI=1S/C7H15NO/c1-3-7(6-9)4-8(2)5-7/h9H,3-6H2,1-2H3. The molecule has 0 aromatic rings. The number of aliphatic hydroxyl groups is 1. The second-order valence-electron chi connectivity index (χ2n) is 3.18. The maximum absolute atomic E-state index is 8.93. The molecule has 0 aliphatic carbocycles. The van der Waals surface area contributed by atoms with Gasteiger partial charge in [0.1, 0.15) is 0 Å². The molecule has 0 aromatic carbocycles. The van der Waals surface area contributed by atoms with E-state index in [0.717, 1.165) is 19.5 Å². The predicted octanol–water partition coefficient (Wildman–Crippen LogP) is 0.321. The Morgan fingerprint density at radius 1 is 1.56 bits per heavy atom. The van der Waals surface area contributed by atoms with Crippen molar-refractivity contribution in [1.29, 1.82) is 0 Å². The highest BCUT2D eigenvalue weighted by Crippen LogP contribution is 2.31. The number of likely N-dealkylation sites (tertiary alicyclic amines) is 1. The van der Waals surface area contributed by atoms with Crippen molar-refractivity contribution in [3.8, 4) is 0 Å². The summed E-state index contributed by atoms with van der Waals surface area (Å²) in [5, 5.41) is 8.93. The third-order valence-electron chi connectivity index (χ3n) is 2.30. The Morgan fingerprint density at radius 3 is 2.22 bits per heavy atom. The van der Waals surface area contributed by atoms with Crippen molar-refractivity contribution in [3.63, 3.8) is 0 Å². The van der Waals surface area contributed by atoms with E-state index in [1.165, 1.54) is 0 Å². The second-order valence-corrected chi connectivity index (χ2v) is 3.18. The first-order valence-electron chi connectivity index (χ1n) is 3.52. The molecule has 1 N–H and O–H groups in total. The normalized spacial score (nSPS) is 25.7. The highest BCUT2D eigenvalue weighted by atomic mass is 16.3. The smallest absolute Gasteiger partial charge is 0.0511 e. The largest absolute Gasteiger partial charge is 0.396 e. The molecule has 9 heavy (non-hydrogen) atoms. The van der Waals surface area contributed by atoms with Gasteiger partial charge in [0.15, 0.2) is 0 Å². The van der Waals surface area contributed by atoms with Crippen molar-refractivity contribution >= 4 is 0 Å². The maximum atomic E-state index is 8.93. The lowest BCUT2D eigenvalue weighted by Crippen LogP contribution is -2.55. The summed E-state index contributed by atoms with van der Waals surface area (Å²) in [7, 11) is 2.09. The lowest BCUT2D eigenvalue weighted by Gasteiger charge is -2.47. The average molecular weight is 129 g/mol. The minimum Gasteiger partial charge on any atom is -0.396 e. The molecule has 1 aliphatic rings. The van der Waals surface area contributed by atoms with Gasteiger partial charge in [-0.05, 0) is 13.5 Å². The van der Waals surface area contributed by atoms with Crippen LogP contribution in [0.25, 0.3) is 0 Å². The molecule has 0 atom stereocenters. The molecule has 0 unspecified atom stereocenters. The van der Waals surface area contributed by atoms with Gasteiger partial charge in [-0.15, -0.1) is 0 Å². The van der Waals surface area contributed by atoms with Gasteiger partial charge in [-0.3, -0.25) is 0 Å². The lowest BCUT2D eigenvalue weighted by molar-refractivity contribution is -0.0279. The molecular formula is C7H15NO. The quantitative estimate of drug-likeness (QED) is 0.580. The summed E-state index contributed by atoms with van der Waals surface area (Å²) < 4.78 is 0. The molecule has 0 amide bonds. The zero-order chi connectivity index (χ0) is 6.91. The summed E-state index contributed by atoms with van der Waals surface area (Å²) in [4.78, 5) is 2.24. The van der Waals surface area contributed by atoms with Crippen LogP contribution in [0.2, 0.25) is 0 Å². The summed E-state index contributed by atoms with van der Waals surface area (Å²) in [6.07, 6.45) is 1.10. The minimum atomic E-state index is 0.259. The van der Waals surface area contributed by atoms with E-state index in [1.807, 2.05) is 0 Å². The second kappa shape index (κ2) is 2.27. The number of hydrogen-bond donors (Lipinski definition) is 1. The minimum absolute atomic E-state index is 0.259. The number of hydrogen-bond acceptors (Lipinski definition) is 2. The van der Waals surface area contributed by atoms with Gasteiger partial charge >= 0.3 is 0 Å². The molecule has 1 fully saturated rings. The van der Waals surface area contributed by atoms with Gasteiger partial charge in [-0.2, -0.15) is 0 Å². The van der Waals surface area contributed by atoms with Crippen LogP contribution >= 0.6 is 0 Å². The number of nitrogens with zero attached hydrogens (tertiary/aromatic N) is 1. The van der Waals surface area contributed by atoms with Crippen molar-refractivity contribution in [2.24, 2.45) is 5.41 Å². The molecule has 0 radical (unpaired) electrons. The van der Waals surface area contributed by atoms with E-state index in [1.54, 1.807) is 0 Å². The van der Waals surface area contributed by atoms with E-state index in [-0.39, 0.29) is 5.41 Å². The predicted molar refractivity (Wildman–Crippen MR) is 37.3 cm³/mol. The zero-order valence-electron chi connectivity index (χ0n) is 6.22. The average Bonchev–Trinajstić information content (AvgIpc) is 1.81. The fourth-order valence-electron chi connectivity index (χ4n) is 1.53. The van der Waals surface area contributed by atoms with Crippen molar-refractivity contribution in [2.75, 3.05) is 26.7 Å². The number of aliphatic hydroxyl groups excluding tert-OH is 1. The van der Waals surface area contributed by atoms with E-state index < -0.39 is 0 Å². The third-order valence-corrected chi connectivity index (χ3v) is 2.30. The van der Waals surface area contributed by atoms with Gasteiger partial charge in [0.2, 0.25) is 0 Å². The Labute approximate surface area is 56.5 Å². The monoisotopic (exact) mass is 129 g/mol. The van der Waals surface area contributed by atoms with E-state index in [4.69, 9.17) is 5.11 Å². The fraction of sp³-hybridized carbons (Fsp3) is 1.00. The van der Waals surface area contributed by atoms with E-state index in [0.29, 0.717) is 6.61 Å². The summed E-state index contributed by atoms with van der Waals surface area (Å²) in [6, 6.07) is 0. The molecule has 0 spiro atoms. The Kier molecular flexibility index (Phi) is 1.78. The third kappa shape index (κ3) is 1.10. The zero-order valence-corrected chi connectivity index (χ0v) is 6.22. The topological polar surface area (TPSA) is 23.5 Å². The van der Waals surface area contributed by atoms with Gasteiger partial charge in [0.05, 0.1) is 6.61 Å². The summed E-state index contributed by atoms with van der Waals surface area (Å²) in [5.74, 6) is 0. The highest BCUT2D eigenvalue weighted by Gasteiger charge is 2.38. The lowest BCUT2D eigenvalue weighted by atomic mass is 9.79. The molecule has 0 aromatic heterocycles. The Balaban J connectivity index is 2.36. The molecule has 1 heterocycles. The molecule has 2 heteroatoms. The van der Waals surface area contributed by atoms with Crippen LogP contribution in [0.3, 0.4) is 0 Å². The van der Waals surface area contributed by atoms with Crippen LogP contribution in [-0.2, 0) is 0 Å². The highest BCUT2D eigenvalue weighted by molar-refractivity contribution is 4.91. The molecular weight excluding hydrogens is 114 g/mol. The van der Waals surface area contributed by atoms with Crippen molar-refractivity contribution in [3.05, 3.63) is 0 Å². The van der Waals surface area contributed by atoms with Gasteiger partial charge in [-0.1, -0.05) is 6.92 Å². The molecule has 1 aliphatic heterocycles. The first-order chi connectivity index (χ1) is 4.22. The SMILES string of the molecule is CCC1(CO)CN(C)C1. The van der Waals surface area contributed by atoms with Crippen molar-refractivity contribution < 1.29 is 5.11 Å². The van der Waals surface area contributed by atoms with E-state index in [2.05, 4.69) is 18.9 Å². The summed E-state index contributed by atoms with van der Waals surface area (Å²) in [6.45, 7) is 4.64. The van der Waals surface area contributed by atoms with Gasteiger partial charge in [-0.25, -0.2) is 0 Å². The van der Waals surface area contributed by atoms with Gasteiger partial charge < -0.3 is 10.0 Å². The van der Waals surface area contributed by atoms with Crippen LogP contribution in [0, 0.1) is 5.41 Å². The maximum Gasteiger partial charge on any atom is 0.0511 e.